The molecule has 2 aliphatic carbocycles. The number of para-hydroxylation sites is 2. The summed E-state index contributed by atoms with van der Waals surface area (Å²) < 4.78 is 22.6. The van der Waals surface area contributed by atoms with Crippen molar-refractivity contribution in [1.29, 1.82) is 0 Å². The van der Waals surface area contributed by atoms with Crippen molar-refractivity contribution < 1.29 is 28.5 Å². The van der Waals surface area contributed by atoms with E-state index in [1.54, 1.807) is 12.1 Å². The van der Waals surface area contributed by atoms with Crippen molar-refractivity contribution in [2.75, 3.05) is 63.8 Å². The third-order valence-corrected chi connectivity index (χ3v) is 10.0. The molecule has 0 bridgehead atoms. The normalized spacial score (nSPS) is 13.4. The molecule has 0 radical (unpaired) electrons. The molecule has 0 saturated carbocycles. The van der Waals surface area contributed by atoms with Gasteiger partial charge in [-0.2, -0.15) is 10.2 Å². The van der Waals surface area contributed by atoms with Crippen LogP contribution in [0.15, 0.2) is 156 Å². The third-order valence-electron chi connectivity index (χ3n) is 10.0. The van der Waals surface area contributed by atoms with Gasteiger partial charge in [0.25, 0.3) is 0 Å². The van der Waals surface area contributed by atoms with Crippen molar-refractivity contribution in [1.82, 2.24) is 0 Å². The summed E-state index contributed by atoms with van der Waals surface area (Å²) in [5, 5.41) is 13.6. The van der Waals surface area contributed by atoms with Crippen LogP contribution in [0.2, 0.25) is 0 Å². The monoisotopic (exact) mass is 770 g/mol. The van der Waals surface area contributed by atoms with Crippen LogP contribution in [0, 0.1) is 0 Å². The fourth-order valence-corrected chi connectivity index (χ4v) is 7.31. The van der Waals surface area contributed by atoms with E-state index in [0.717, 1.165) is 67.3 Å². The van der Waals surface area contributed by atoms with Gasteiger partial charge in [0.1, 0.15) is 13.2 Å². The number of anilines is 2. The van der Waals surface area contributed by atoms with E-state index in [9.17, 15) is 9.59 Å². The first-order chi connectivity index (χ1) is 28.5. The molecule has 0 fully saturated rings. The highest BCUT2D eigenvalue weighted by Crippen LogP contribution is 2.41. The van der Waals surface area contributed by atoms with Gasteiger partial charge in [0.2, 0.25) is 0 Å². The van der Waals surface area contributed by atoms with Gasteiger partial charge in [-0.3, -0.25) is 10.0 Å². The predicted octanol–water partition coefficient (Wildman–Crippen LogP) is 8.47. The van der Waals surface area contributed by atoms with E-state index >= 15 is 0 Å². The fourth-order valence-electron chi connectivity index (χ4n) is 7.31. The lowest BCUT2D eigenvalue weighted by molar-refractivity contribution is 0.00234. The minimum absolute atomic E-state index is 0.0823. The Morgan fingerprint density at radius 1 is 0.414 bits per heavy atom. The fraction of sp³-hybridized carbons (Fsp3) is 0.167. The predicted molar refractivity (Wildman–Crippen MR) is 227 cm³/mol. The first-order valence-electron chi connectivity index (χ1n) is 19.2. The Morgan fingerprint density at radius 2 is 0.759 bits per heavy atom. The average molecular weight is 771 g/mol. The molecule has 0 N–H and O–H groups in total. The topological polar surface area (TPSA) is 102 Å². The van der Waals surface area contributed by atoms with Crippen molar-refractivity contribution in [3.8, 4) is 22.3 Å². The minimum atomic E-state index is -0.429. The number of esters is 2. The molecule has 6 aromatic carbocycles. The average Bonchev–Trinajstić information content (AvgIpc) is 3.76. The first-order valence-corrected chi connectivity index (χ1v) is 19.2. The zero-order valence-electron chi connectivity index (χ0n) is 32.3. The van der Waals surface area contributed by atoms with Crippen LogP contribution < -0.4 is 10.0 Å². The molecular weight excluding hydrogens is 729 g/mol. The van der Waals surface area contributed by atoms with Crippen LogP contribution in [0.25, 0.3) is 22.3 Å². The molecule has 0 amide bonds. The van der Waals surface area contributed by atoms with Gasteiger partial charge in [-0.25, -0.2) is 9.59 Å². The molecular formula is C48H42N4O6. The largest absolute Gasteiger partial charge is 0.460 e. The molecule has 0 unspecified atom stereocenters. The number of nitrogens with zero attached hydrogens (tertiary/aromatic N) is 4. The Kier molecular flexibility index (Phi) is 11.5. The molecule has 0 atom stereocenters. The lowest BCUT2D eigenvalue weighted by Gasteiger charge is -2.15. The Hall–Kier alpha value is -6.88. The van der Waals surface area contributed by atoms with E-state index in [2.05, 4.69) is 0 Å². The molecule has 0 aliphatic heterocycles. The van der Waals surface area contributed by atoms with Gasteiger partial charge in [0.05, 0.1) is 60.4 Å². The van der Waals surface area contributed by atoms with Gasteiger partial charge in [0, 0.05) is 47.5 Å². The number of ether oxygens (including phenoxy) is 4. The molecule has 2 aliphatic rings. The Bertz CT molecular complexity index is 2330. The summed E-state index contributed by atoms with van der Waals surface area (Å²) in [4.78, 5) is 26.7. The number of benzene rings is 6. The van der Waals surface area contributed by atoms with E-state index in [0.29, 0.717) is 11.1 Å². The molecule has 0 aromatic heterocycles. The van der Waals surface area contributed by atoms with Gasteiger partial charge in [0.15, 0.2) is 0 Å². The third kappa shape index (κ3) is 7.88. The first kappa shape index (κ1) is 38.0. The van der Waals surface area contributed by atoms with E-state index in [4.69, 9.17) is 29.2 Å². The second-order valence-electron chi connectivity index (χ2n) is 13.7. The van der Waals surface area contributed by atoms with Crippen LogP contribution in [0.4, 0.5) is 11.4 Å². The molecule has 10 nitrogen and oxygen atoms in total. The summed E-state index contributed by atoms with van der Waals surface area (Å²) >= 11 is 0. The smallest absolute Gasteiger partial charge is 0.338 e. The van der Waals surface area contributed by atoms with Gasteiger partial charge < -0.3 is 18.9 Å². The van der Waals surface area contributed by atoms with Crippen LogP contribution in [0.3, 0.4) is 0 Å². The van der Waals surface area contributed by atoms with Crippen molar-refractivity contribution >= 4 is 34.7 Å². The molecule has 290 valence electrons. The summed E-state index contributed by atoms with van der Waals surface area (Å²) in [5.41, 5.74) is 11.6. The van der Waals surface area contributed by atoms with Crippen LogP contribution in [0.1, 0.15) is 43.0 Å². The Morgan fingerprint density at radius 3 is 1.17 bits per heavy atom. The van der Waals surface area contributed by atoms with Crippen LogP contribution in [-0.4, -0.2) is 77.1 Å². The molecule has 0 heterocycles. The van der Waals surface area contributed by atoms with Crippen molar-refractivity contribution in [2.24, 2.45) is 10.2 Å². The Balaban J connectivity index is 0.802. The van der Waals surface area contributed by atoms with Crippen LogP contribution in [0.5, 0.6) is 0 Å². The number of carbonyl (C=O) groups is 2. The molecule has 8 rings (SSSR count). The lowest BCUT2D eigenvalue weighted by Crippen LogP contribution is -2.16. The quantitative estimate of drug-likeness (QED) is 0.0582. The minimum Gasteiger partial charge on any atom is -0.460 e. The second kappa shape index (κ2) is 17.5. The van der Waals surface area contributed by atoms with E-state index < -0.39 is 11.9 Å². The maximum atomic E-state index is 13.4. The number of hydrazone groups is 2. The highest BCUT2D eigenvalue weighted by atomic mass is 16.6. The van der Waals surface area contributed by atoms with Crippen molar-refractivity contribution in [2.45, 2.75) is 0 Å². The maximum Gasteiger partial charge on any atom is 0.338 e. The molecule has 58 heavy (non-hydrogen) atoms. The molecule has 6 aromatic rings. The molecule has 0 saturated heterocycles. The Labute approximate surface area is 337 Å². The lowest BCUT2D eigenvalue weighted by atomic mass is 9.99. The maximum absolute atomic E-state index is 13.4. The van der Waals surface area contributed by atoms with E-state index in [1.165, 1.54) is 0 Å². The van der Waals surface area contributed by atoms with Gasteiger partial charge in [-0.05, 0) is 47.5 Å². The number of carbonyl (C=O) groups excluding carboxylic acids is 2. The van der Waals surface area contributed by atoms with Gasteiger partial charge in [-0.15, -0.1) is 0 Å². The van der Waals surface area contributed by atoms with Crippen molar-refractivity contribution in [3.05, 3.63) is 179 Å². The zero-order chi connectivity index (χ0) is 39.8. The highest BCUT2D eigenvalue weighted by molar-refractivity contribution is 6.27. The van der Waals surface area contributed by atoms with Crippen LogP contribution >= 0.6 is 0 Å². The van der Waals surface area contributed by atoms with Gasteiger partial charge >= 0.3 is 11.9 Å². The van der Waals surface area contributed by atoms with Crippen LogP contribution in [-0.2, 0) is 18.9 Å². The number of fused-ring (bicyclic) bond motifs is 6. The highest BCUT2D eigenvalue weighted by Gasteiger charge is 2.31. The summed E-state index contributed by atoms with van der Waals surface area (Å²) in [7, 11) is 3.82. The molecule has 0 spiro atoms. The van der Waals surface area contributed by atoms with Gasteiger partial charge in [-0.1, -0.05) is 109 Å². The summed E-state index contributed by atoms with van der Waals surface area (Å²) in [5.74, 6) is -0.858. The number of hydrogen-bond acceptors (Lipinski definition) is 10. The van der Waals surface area contributed by atoms with E-state index in [-0.39, 0.29) is 39.6 Å². The SMILES string of the molecule is CN(N=C1c2ccccc2-c2c(C(=O)OCCOCCOCCOC(=O)c3cccc4c3-c3ccccc3C4=NN(C)c3ccccc3)cccc21)c1ccccc1. The summed E-state index contributed by atoms with van der Waals surface area (Å²) in [6, 6.07) is 47.0. The second-order valence-corrected chi connectivity index (χ2v) is 13.7. The number of hydrogen-bond donors (Lipinski definition) is 0. The van der Waals surface area contributed by atoms with E-state index in [1.807, 2.05) is 158 Å². The number of rotatable bonds is 15. The zero-order valence-corrected chi connectivity index (χ0v) is 32.3. The van der Waals surface area contributed by atoms with Crippen molar-refractivity contribution in [3.63, 3.8) is 0 Å². The standard InChI is InChI=1S/C48H42N4O6/c1-51(33-15-5-3-6-16-33)49-45-37-21-11-9-19-35(37)43-39(45)23-13-25-41(43)47(53)57-31-29-55-27-28-56-30-32-58-48(54)42-26-14-24-40-44(42)36-20-10-12-22-38(36)46(40)50-52(2)34-17-7-4-8-18-34/h3-26H,27-32H2,1-2H3. The molecule has 10 heteroatoms. The summed E-state index contributed by atoms with van der Waals surface area (Å²) in [6.45, 7) is 1.15. The summed E-state index contributed by atoms with van der Waals surface area (Å²) in [6.07, 6.45) is 0.